The molecule has 126 valence electrons. The summed E-state index contributed by atoms with van der Waals surface area (Å²) in [5, 5.41) is 8.98. The molecule has 23 heavy (non-hydrogen) atoms. The predicted molar refractivity (Wildman–Crippen MR) is 93.1 cm³/mol. The lowest BCUT2D eigenvalue weighted by Crippen LogP contribution is -2.31. The predicted octanol–water partition coefficient (Wildman–Crippen LogP) is 2.10. The molecule has 1 atom stereocenters. The van der Waals surface area contributed by atoms with Gasteiger partial charge in [-0.2, -0.15) is 0 Å². The standard InChI is InChI=1S/C17H23N3O2.ClH/c1-11-3-4-12(15(21)18-2)9-14(11)20-16(22)13-10-17(13)5-7-19-8-6-17;/h3-4,9,13,19H,5-8,10H2,1-2H3,(H,18,21)(H,20,22);1H. The Balaban J connectivity index is 0.00000192. The molecule has 1 aromatic rings. The third-order valence-corrected chi connectivity index (χ3v) is 5.09. The second-order valence-corrected chi connectivity index (χ2v) is 6.47. The number of nitrogens with one attached hydrogen (secondary N) is 3. The Hall–Kier alpha value is -1.59. The molecule has 6 heteroatoms. The molecule has 2 aliphatic rings. The summed E-state index contributed by atoms with van der Waals surface area (Å²) in [4.78, 5) is 24.2. The maximum atomic E-state index is 12.5. The zero-order chi connectivity index (χ0) is 15.7. The summed E-state index contributed by atoms with van der Waals surface area (Å²) in [5.41, 5.74) is 2.50. The second-order valence-electron chi connectivity index (χ2n) is 6.47. The molecular weight excluding hydrogens is 314 g/mol. The Labute approximate surface area is 143 Å². The Morgan fingerprint density at radius 2 is 1.96 bits per heavy atom. The first kappa shape index (κ1) is 17.8. The van der Waals surface area contributed by atoms with Gasteiger partial charge in [0.05, 0.1) is 0 Å². The Morgan fingerprint density at radius 3 is 2.61 bits per heavy atom. The Kier molecular flexibility index (Phi) is 5.32. The van der Waals surface area contributed by atoms with Crippen LogP contribution in [0, 0.1) is 18.3 Å². The van der Waals surface area contributed by atoms with Crippen molar-refractivity contribution in [2.24, 2.45) is 11.3 Å². The van der Waals surface area contributed by atoms with Crippen LogP contribution < -0.4 is 16.0 Å². The number of benzene rings is 1. The van der Waals surface area contributed by atoms with Crippen molar-refractivity contribution in [2.45, 2.75) is 26.2 Å². The first-order chi connectivity index (χ1) is 10.6. The molecule has 2 amide bonds. The molecule has 1 aliphatic heterocycles. The molecule has 0 radical (unpaired) electrons. The third kappa shape index (κ3) is 3.51. The van der Waals surface area contributed by atoms with Crippen LogP contribution in [0.3, 0.4) is 0 Å². The van der Waals surface area contributed by atoms with Crippen molar-refractivity contribution in [3.8, 4) is 0 Å². The van der Waals surface area contributed by atoms with E-state index in [1.165, 1.54) is 0 Å². The normalized spacial score (nSPS) is 21.2. The van der Waals surface area contributed by atoms with Crippen LogP contribution in [0.25, 0.3) is 0 Å². The first-order valence-corrected chi connectivity index (χ1v) is 7.90. The van der Waals surface area contributed by atoms with Gasteiger partial charge in [-0.15, -0.1) is 12.4 Å². The Bertz CT molecular complexity index is 612. The molecule has 2 fully saturated rings. The summed E-state index contributed by atoms with van der Waals surface area (Å²) in [6.45, 7) is 3.96. The van der Waals surface area contributed by atoms with Crippen LogP contribution in [0.2, 0.25) is 0 Å². The van der Waals surface area contributed by atoms with E-state index in [2.05, 4.69) is 16.0 Å². The summed E-state index contributed by atoms with van der Waals surface area (Å²) < 4.78 is 0. The van der Waals surface area contributed by atoms with Gasteiger partial charge in [0.25, 0.3) is 5.91 Å². The fourth-order valence-electron chi connectivity index (χ4n) is 3.46. The van der Waals surface area contributed by atoms with E-state index in [1.54, 1.807) is 19.2 Å². The second kappa shape index (κ2) is 6.89. The van der Waals surface area contributed by atoms with Gasteiger partial charge in [-0.1, -0.05) is 6.07 Å². The first-order valence-electron chi connectivity index (χ1n) is 7.90. The third-order valence-electron chi connectivity index (χ3n) is 5.09. The summed E-state index contributed by atoms with van der Waals surface area (Å²) in [6, 6.07) is 5.40. The zero-order valence-electron chi connectivity index (χ0n) is 13.6. The van der Waals surface area contributed by atoms with E-state index in [4.69, 9.17) is 0 Å². The summed E-state index contributed by atoms with van der Waals surface area (Å²) >= 11 is 0. The molecule has 1 unspecified atom stereocenters. The molecule has 1 aliphatic carbocycles. The lowest BCUT2D eigenvalue weighted by molar-refractivity contribution is -0.118. The lowest BCUT2D eigenvalue weighted by atomic mass is 9.91. The number of amides is 2. The summed E-state index contributed by atoms with van der Waals surface area (Å²) in [7, 11) is 1.60. The molecule has 3 N–H and O–H groups in total. The van der Waals surface area contributed by atoms with Crippen LogP contribution >= 0.6 is 12.4 Å². The van der Waals surface area contributed by atoms with Crippen molar-refractivity contribution < 1.29 is 9.59 Å². The van der Waals surface area contributed by atoms with Crippen LogP contribution in [0.5, 0.6) is 0 Å². The average molecular weight is 338 g/mol. The number of rotatable bonds is 3. The van der Waals surface area contributed by atoms with E-state index in [0.717, 1.165) is 43.6 Å². The van der Waals surface area contributed by atoms with E-state index < -0.39 is 0 Å². The lowest BCUT2D eigenvalue weighted by Gasteiger charge is -2.23. The van der Waals surface area contributed by atoms with E-state index in [0.29, 0.717) is 5.56 Å². The number of aryl methyl sites for hydroxylation is 1. The van der Waals surface area contributed by atoms with Gasteiger partial charge in [0, 0.05) is 24.2 Å². The number of carbonyl (C=O) groups excluding carboxylic acids is 2. The SMILES string of the molecule is CNC(=O)c1ccc(C)c(NC(=O)C2CC23CCNCC3)c1.Cl. The minimum Gasteiger partial charge on any atom is -0.355 e. The van der Waals surface area contributed by atoms with E-state index >= 15 is 0 Å². The molecule has 1 heterocycles. The van der Waals surface area contributed by atoms with Crippen LogP contribution in [-0.4, -0.2) is 32.0 Å². The maximum absolute atomic E-state index is 12.5. The highest BCUT2D eigenvalue weighted by Gasteiger charge is 2.57. The van der Waals surface area contributed by atoms with E-state index in [9.17, 15) is 9.59 Å². The fourth-order valence-corrected chi connectivity index (χ4v) is 3.46. The minimum absolute atomic E-state index is 0. The molecule has 1 saturated carbocycles. The highest BCUT2D eigenvalue weighted by atomic mass is 35.5. The Morgan fingerprint density at radius 1 is 1.26 bits per heavy atom. The van der Waals surface area contributed by atoms with Crippen LogP contribution in [0.15, 0.2) is 18.2 Å². The molecule has 3 rings (SSSR count). The van der Waals surface area contributed by atoms with Crippen molar-refractivity contribution in [1.29, 1.82) is 0 Å². The average Bonchev–Trinajstić information content (AvgIpc) is 3.22. The largest absolute Gasteiger partial charge is 0.355 e. The monoisotopic (exact) mass is 337 g/mol. The van der Waals surface area contributed by atoms with Gasteiger partial charge in [-0.25, -0.2) is 0 Å². The highest BCUT2D eigenvalue weighted by Crippen LogP contribution is 2.58. The number of hydrogen-bond donors (Lipinski definition) is 3. The maximum Gasteiger partial charge on any atom is 0.251 e. The van der Waals surface area contributed by atoms with Crippen molar-refractivity contribution in [2.75, 3.05) is 25.5 Å². The van der Waals surface area contributed by atoms with Gasteiger partial charge in [0.15, 0.2) is 0 Å². The van der Waals surface area contributed by atoms with E-state index in [-0.39, 0.29) is 35.6 Å². The number of hydrogen-bond acceptors (Lipinski definition) is 3. The molecule has 0 aromatic heterocycles. The number of halogens is 1. The summed E-state index contributed by atoms with van der Waals surface area (Å²) in [6.07, 6.45) is 3.17. The van der Waals surface area contributed by atoms with Crippen LogP contribution in [0.1, 0.15) is 35.2 Å². The van der Waals surface area contributed by atoms with Crippen molar-refractivity contribution in [1.82, 2.24) is 10.6 Å². The topological polar surface area (TPSA) is 70.2 Å². The van der Waals surface area contributed by atoms with Gasteiger partial charge < -0.3 is 16.0 Å². The van der Waals surface area contributed by atoms with Crippen LogP contribution in [-0.2, 0) is 4.79 Å². The van der Waals surface area contributed by atoms with Gasteiger partial charge in [0.2, 0.25) is 5.91 Å². The van der Waals surface area contributed by atoms with E-state index in [1.807, 2.05) is 13.0 Å². The van der Waals surface area contributed by atoms with Crippen molar-refractivity contribution in [3.63, 3.8) is 0 Å². The van der Waals surface area contributed by atoms with Gasteiger partial charge in [0.1, 0.15) is 0 Å². The molecule has 1 aromatic carbocycles. The number of carbonyl (C=O) groups is 2. The smallest absolute Gasteiger partial charge is 0.251 e. The zero-order valence-corrected chi connectivity index (χ0v) is 14.4. The number of anilines is 1. The quantitative estimate of drug-likeness (QED) is 0.791. The molecule has 0 bridgehead atoms. The van der Waals surface area contributed by atoms with Crippen molar-refractivity contribution in [3.05, 3.63) is 29.3 Å². The van der Waals surface area contributed by atoms with Crippen LogP contribution in [0.4, 0.5) is 5.69 Å². The van der Waals surface area contributed by atoms with Gasteiger partial charge >= 0.3 is 0 Å². The molecule has 5 nitrogen and oxygen atoms in total. The van der Waals surface area contributed by atoms with Gasteiger partial charge in [-0.3, -0.25) is 9.59 Å². The molecule has 1 spiro atoms. The fraction of sp³-hybridized carbons (Fsp3) is 0.529. The summed E-state index contributed by atoms with van der Waals surface area (Å²) in [5.74, 6) is 0.0773. The minimum atomic E-state index is -0.142. The molecular formula is C17H24ClN3O2. The molecule has 1 saturated heterocycles. The number of piperidine rings is 1. The highest BCUT2D eigenvalue weighted by molar-refractivity contribution is 5.99. The van der Waals surface area contributed by atoms with Gasteiger partial charge in [-0.05, 0) is 62.4 Å². The van der Waals surface area contributed by atoms with Crippen molar-refractivity contribution >= 4 is 29.9 Å².